The van der Waals surface area contributed by atoms with Crippen molar-refractivity contribution in [2.45, 2.75) is 31.8 Å². The molecule has 4 nitrogen and oxygen atoms in total. The van der Waals surface area contributed by atoms with Gasteiger partial charge in [0, 0.05) is 23.5 Å². The molecule has 5 heteroatoms. The molecule has 0 radical (unpaired) electrons. The molecule has 1 aliphatic carbocycles. The number of nitrogens with zero attached hydrogens (tertiary/aromatic N) is 2. The van der Waals surface area contributed by atoms with Gasteiger partial charge in [0.1, 0.15) is 11.5 Å². The fraction of sp³-hybridized carbons (Fsp3) is 0.263. The maximum Gasteiger partial charge on any atom is 0.229 e. The van der Waals surface area contributed by atoms with Gasteiger partial charge in [-0.15, -0.1) is 0 Å². The van der Waals surface area contributed by atoms with Crippen LogP contribution in [0.5, 0.6) is 0 Å². The highest BCUT2D eigenvalue weighted by atomic mass is 19.1. The summed E-state index contributed by atoms with van der Waals surface area (Å²) in [4.78, 5) is 14.5. The van der Waals surface area contributed by atoms with Crippen LogP contribution in [0.25, 0.3) is 11.0 Å². The van der Waals surface area contributed by atoms with Crippen LogP contribution < -0.4 is 0 Å². The Morgan fingerprint density at radius 3 is 2.71 bits per heavy atom. The van der Waals surface area contributed by atoms with Crippen molar-refractivity contribution < 1.29 is 13.7 Å². The van der Waals surface area contributed by atoms with Crippen LogP contribution in [0.15, 0.2) is 53.1 Å². The molecular formula is C19H17FN2O2. The van der Waals surface area contributed by atoms with Crippen molar-refractivity contribution in [2.75, 3.05) is 0 Å². The number of aromatic nitrogens is 1. The summed E-state index contributed by atoms with van der Waals surface area (Å²) in [6, 6.07) is 14.3. The number of hydrogen-bond donors (Lipinski definition) is 0. The second kappa shape index (κ2) is 6.07. The average Bonchev–Trinajstić information content (AvgIpc) is 3.36. The number of halogens is 1. The number of fused-ring (bicyclic) bond motifs is 1. The highest BCUT2D eigenvalue weighted by Gasteiger charge is 2.33. The molecule has 0 spiro atoms. The number of carbonyl (C=O) groups is 1. The zero-order chi connectivity index (χ0) is 16.5. The van der Waals surface area contributed by atoms with Gasteiger partial charge in [-0.2, -0.15) is 0 Å². The van der Waals surface area contributed by atoms with Crippen molar-refractivity contribution in [3.8, 4) is 0 Å². The van der Waals surface area contributed by atoms with E-state index in [0.29, 0.717) is 23.4 Å². The van der Waals surface area contributed by atoms with Crippen molar-refractivity contribution in [1.82, 2.24) is 10.1 Å². The van der Waals surface area contributed by atoms with Crippen LogP contribution in [-0.4, -0.2) is 22.0 Å². The van der Waals surface area contributed by atoms with E-state index in [2.05, 4.69) is 5.16 Å². The Morgan fingerprint density at radius 1 is 1.17 bits per heavy atom. The van der Waals surface area contributed by atoms with Crippen LogP contribution in [0, 0.1) is 5.82 Å². The van der Waals surface area contributed by atoms with Crippen molar-refractivity contribution in [3.63, 3.8) is 0 Å². The van der Waals surface area contributed by atoms with Crippen LogP contribution in [0.4, 0.5) is 4.39 Å². The van der Waals surface area contributed by atoms with E-state index in [0.717, 1.165) is 18.2 Å². The van der Waals surface area contributed by atoms with E-state index in [-0.39, 0.29) is 24.2 Å². The largest absolute Gasteiger partial charge is 0.356 e. The standard InChI is InChI=1S/C19H17FN2O2/c20-16-7-3-1-5-13(16)12-22(14-9-10-14)19(23)11-17-15-6-2-4-8-18(15)24-21-17/h1-8,14H,9-12H2. The van der Waals surface area contributed by atoms with E-state index >= 15 is 0 Å². The first kappa shape index (κ1) is 14.9. The summed E-state index contributed by atoms with van der Waals surface area (Å²) >= 11 is 0. The average molecular weight is 324 g/mol. The highest BCUT2D eigenvalue weighted by Crippen LogP contribution is 2.30. The molecule has 1 aliphatic rings. The summed E-state index contributed by atoms with van der Waals surface area (Å²) < 4.78 is 19.2. The lowest BCUT2D eigenvalue weighted by Crippen LogP contribution is -2.34. The van der Waals surface area contributed by atoms with Gasteiger partial charge >= 0.3 is 0 Å². The lowest BCUT2D eigenvalue weighted by Gasteiger charge is -2.22. The molecule has 4 rings (SSSR count). The molecule has 0 N–H and O–H groups in total. The van der Waals surface area contributed by atoms with Crippen LogP contribution in [-0.2, 0) is 17.8 Å². The minimum Gasteiger partial charge on any atom is -0.356 e. The van der Waals surface area contributed by atoms with Crippen molar-refractivity contribution in [1.29, 1.82) is 0 Å². The number of amides is 1. The van der Waals surface area contributed by atoms with E-state index in [1.165, 1.54) is 6.07 Å². The molecule has 122 valence electrons. The van der Waals surface area contributed by atoms with E-state index in [1.54, 1.807) is 23.1 Å². The van der Waals surface area contributed by atoms with Gasteiger partial charge in [-0.25, -0.2) is 4.39 Å². The van der Waals surface area contributed by atoms with Crippen LogP contribution in [0.1, 0.15) is 24.1 Å². The van der Waals surface area contributed by atoms with Crippen molar-refractivity contribution >= 4 is 16.9 Å². The molecule has 0 atom stereocenters. The van der Waals surface area contributed by atoms with E-state index < -0.39 is 0 Å². The summed E-state index contributed by atoms with van der Waals surface area (Å²) in [6.07, 6.45) is 2.11. The van der Waals surface area contributed by atoms with Gasteiger partial charge in [-0.3, -0.25) is 4.79 Å². The number of rotatable bonds is 5. The summed E-state index contributed by atoms with van der Waals surface area (Å²) in [5.41, 5.74) is 1.85. The molecule has 1 saturated carbocycles. The van der Waals surface area contributed by atoms with Gasteiger partial charge in [0.15, 0.2) is 5.58 Å². The Hall–Kier alpha value is -2.69. The minimum atomic E-state index is -0.275. The summed E-state index contributed by atoms with van der Waals surface area (Å²) in [7, 11) is 0. The van der Waals surface area contributed by atoms with Gasteiger partial charge in [-0.1, -0.05) is 35.5 Å². The molecule has 24 heavy (non-hydrogen) atoms. The van der Waals surface area contributed by atoms with E-state index in [9.17, 15) is 9.18 Å². The van der Waals surface area contributed by atoms with Gasteiger partial charge in [0.25, 0.3) is 0 Å². The van der Waals surface area contributed by atoms with Gasteiger partial charge in [0.05, 0.1) is 6.42 Å². The normalized spacial score (nSPS) is 14.0. The lowest BCUT2D eigenvalue weighted by molar-refractivity contribution is -0.131. The molecule has 1 amide bonds. The summed E-state index contributed by atoms with van der Waals surface area (Å²) in [6.45, 7) is 0.298. The van der Waals surface area contributed by atoms with Gasteiger partial charge in [-0.05, 0) is 31.0 Å². The predicted molar refractivity (Wildman–Crippen MR) is 87.7 cm³/mol. The van der Waals surface area contributed by atoms with E-state index in [1.807, 2.05) is 24.3 Å². The van der Waals surface area contributed by atoms with Crippen LogP contribution in [0.2, 0.25) is 0 Å². The predicted octanol–water partition coefficient (Wildman–Crippen LogP) is 3.70. The molecule has 0 saturated heterocycles. The maximum absolute atomic E-state index is 13.9. The topological polar surface area (TPSA) is 46.3 Å². The third kappa shape index (κ3) is 2.89. The van der Waals surface area contributed by atoms with Crippen molar-refractivity contribution in [2.24, 2.45) is 0 Å². The molecule has 2 aromatic carbocycles. The number of carbonyl (C=O) groups excluding carboxylic acids is 1. The third-order valence-electron chi connectivity index (χ3n) is 4.38. The van der Waals surface area contributed by atoms with E-state index in [4.69, 9.17) is 4.52 Å². The fourth-order valence-corrected chi connectivity index (χ4v) is 2.93. The zero-order valence-corrected chi connectivity index (χ0v) is 13.1. The summed E-state index contributed by atoms with van der Waals surface area (Å²) in [5, 5.41) is 4.88. The molecule has 1 aromatic heterocycles. The Kier molecular flexibility index (Phi) is 3.76. The smallest absolute Gasteiger partial charge is 0.229 e. The van der Waals surface area contributed by atoms with Gasteiger partial charge < -0.3 is 9.42 Å². The highest BCUT2D eigenvalue weighted by molar-refractivity contribution is 5.86. The first-order valence-corrected chi connectivity index (χ1v) is 8.08. The molecule has 0 unspecified atom stereocenters. The molecule has 3 aromatic rings. The maximum atomic E-state index is 13.9. The molecular weight excluding hydrogens is 307 g/mol. The monoisotopic (exact) mass is 324 g/mol. The Morgan fingerprint density at radius 2 is 1.92 bits per heavy atom. The lowest BCUT2D eigenvalue weighted by atomic mass is 10.1. The van der Waals surface area contributed by atoms with Crippen LogP contribution in [0.3, 0.4) is 0 Å². The third-order valence-corrected chi connectivity index (χ3v) is 4.38. The molecule has 1 fully saturated rings. The second-order valence-electron chi connectivity index (χ2n) is 6.15. The number of para-hydroxylation sites is 1. The first-order chi connectivity index (χ1) is 11.7. The molecule has 0 aliphatic heterocycles. The SMILES string of the molecule is O=C(Cc1noc2ccccc12)N(Cc1ccccc1F)C1CC1. The second-order valence-corrected chi connectivity index (χ2v) is 6.15. The van der Waals surface area contributed by atoms with Crippen molar-refractivity contribution in [3.05, 3.63) is 65.6 Å². The number of hydrogen-bond acceptors (Lipinski definition) is 3. The molecule has 0 bridgehead atoms. The fourth-order valence-electron chi connectivity index (χ4n) is 2.93. The number of benzene rings is 2. The van der Waals surface area contributed by atoms with Gasteiger partial charge in [0.2, 0.25) is 5.91 Å². The van der Waals surface area contributed by atoms with Crippen LogP contribution >= 0.6 is 0 Å². The zero-order valence-electron chi connectivity index (χ0n) is 13.1. The minimum absolute atomic E-state index is 0.0418. The summed E-state index contributed by atoms with van der Waals surface area (Å²) in [5.74, 6) is -0.317. The molecule has 1 heterocycles. The quantitative estimate of drug-likeness (QED) is 0.719. The Labute approximate surface area is 138 Å². The Balaban J connectivity index is 1.55. The first-order valence-electron chi connectivity index (χ1n) is 8.08. The Bertz CT molecular complexity index is 886.